The highest BCUT2D eigenvalue weighted by Crippen LogP contribution is 2.31. The summed E-state index contributed by atoms with van der Waals surface area (Å²) in [4.78, 5) is 4.04. The molecule has 1 aromatic heterocycles. The molecule has 0 saturated heterocycles. The Kier molecular flexibility index (Phi) is 4.26. The zero-order valence-electron chi connectivity index (χ0n) is 9.04. The minimum Gasteiger partial charge on any atom is -0.494 e. The summed E-state index contributed by atoms with van der Waals surface area (Å²) in [7, 11) is 1.28. The first-order chi connectivity index (χ1) is 8.60. The summed E-state index contributed by atoms with van der Waals surface area (Å²) in [5.74, 6) is -1.33. The number of nitrogens with zero attached hydrogens (tertiary/aromatic N) is 1. The monoisotopic (exact) mass is 308 g/mol. The number of halogens is 3. The molecule has 1 N–H and O–H groups in total. The van der Waals surface area contributed by atoms with Gasteiger partial charge >= 0.3 is 0 Å². The predicted molar refractivity (Wildman–Crippen MR) is 69.5 cm³/mol. The molecule has 8 heteroatoms. The smallest absolute Gasteiger partial charge is 0.194 e. The number of benzene rings is 1. The molecular weight excluding hydrogens is 302 g/mol. The van der Waals surface area contributed by atoms with Crippen LogP contribution in [0, 0.1) is 11.6 Å². The molecule has 1 heterocycles. The lowest BCUT2D eigenvalue weighted by Gasteiger charge is -2.06. The van der Waals surface area contributed by atoms with E-state index in [1.807, 2.05) is 0 Å². The van der Waals surface area contributed by atoms with Crippen LogP contribution in [-0.2, 0) is 0 Å². The van der Waals surface area contributed by atoms with Crippen molar-refractivity contribution in [2.24, 2.45) is 0 Å². The fourth-order valence-electron chi connectivity index (χ4n) is 1.15. The third kappa shape index (κ3) is 3.04. The Hall–Kier alpha value is -1.05. The number of thiazole rings is 1. The van der Waals surface area contributed by atoms with Gasteiger partial charge in [0.15, 0.2) is 16.7 Å². The van der Waals surface area contributed by atoms with Crippen LogP contribution in [0.5, 0.6) is 5.75 Å². The van der Waals surface area contributed by atoms with Gasteiger partial charge in [-0.15, -0.1) is 0 Å². The maximum atomic E-state index is 13.6. The van der Waals surface area contributed by atoms with Crippen LogP contribution in [-0.4, -0.2) is 12.1 Å². The Morgan fingerprint density at radius 2 is 2.17 bits per heavy atom. The Labute approximate surface area is 115 Å². The van der Waals surface area contributed by atoms with Crippen molar-refractivity contribution in [3.63, 3.8) is 0 Å². The molecule has 0 radical (unpaired) electrons. The molecule has 0 atom stereocenters. The first-order valence-corrected chi connectivity index (χ1v) is 6.68. The van der Waals surface area contributed by atoms with E-state index in [4.69, 9.17) is 11.6 Å². The molecule has 3 nitrogen and oxygen atoms in total. The number of nitrogens with one attached hydrogen (secondary N) is 1. The average Bonchev–Trinajstić information content (AvgIpc) is 2.75. The highest BCUT2D eigenvalue weighted by atomic mass is 35.5. The van der Waals surface area contributed by atoms with Gasteiger partial charge in [0.25, 0.3) is 0 Å². The van der Waals surface area contributed by atoms with Crippen LogP contribution in [0.4, 0.5) is 13.9 Å². The normalized spacial score (nSPS) is 10.4. The van der Waals surface area contributed by atoms with Crippen LogP contribution < -0.4 is 9.46 Å². The number of aromatic nitrogens is 1. The lowest BCUT2D eigenvalue weighted by atomic mass is 10.3. The predicted octanol–water partition coefficient (Wildman–Crippen LogP) is 4.20. The molecule has 96 valence electrons. The number of anilines is 1. The Morgan fingerprint density at radius 3 is 2.78 bits per heavy atom. The van der Waals surface area contributed by atoms with Gasteiger partial charge in [-0.05, 0) is 18.0 Å². The molecule has 18 heavy (non-hydrogen) atoms. The van der Waals surface area contributed by atoms with Gasteiger partial charge in [0, 0.05) is 6.07 Å². The van der Waals surface area contributed by atoms with Gasteiger partial charge in [0.05, 0.1) is 18.2 Å². The molecular formula is C10H7ClF2N2OS2. The summed E-state index contributed by atoms with van der Waals surface area (Å²) in [6.07, 6.45) is 1.47. The molecule has 0 fully saturated rings. The van der Waals surface area contributed by atoms with Gasteiger partial charge in [0.1, 0.15) is 10.2 Å². The molecule has 0 aliphatic rings. The quantitative estimate of drug-likeness (QED) is 0.858. The van der Waals surface area contributed by atoms with E-state index in [1.165, 1.54) is 24.6 Å². The minimum atomic E-state index is -0.625. The molecule has 0 amide bonds. The van der Waals surface area contributed by atoms with Crippen LogP contribution in [0.2, 0.25) is 4.34 Å². The van der Waals surface area contributed by atoms with E-state index in [9.17, 15) is 8.78 Å². The van der Waals surface area contributed by atoms with Crippen LogP contribution >= 0.6 is 34.9 Å². The van der Waals surface area contributed by atoms with Crippen molar-refractivity contribution in [2.75, 3.05) is 11.8 Å². The number of hydrogen-bond donors (Lipinski definition) is 1. The fourth-order valence-corrected chi connectivity index (χ4v) is 2.67. The summed E-state index contributed by atoms with van der Waals surface area (Å²) >= 11 is 7.82. The molecule has 2 aromatic rings. The maximum Gasteiger partial charge on any atom is 0.194 e. The van der Waals surface area contributed by atoms with Gasteiger partial charge in [-0.25, -0.2) is 13.8 Å². The molecule has 0 unspecified atom stereocenters. The van der Waals surface area contributed by atoms with Crippen LogP contribution in [0.1, 0.15) is 0 Å². The highest BCUT2D eigenvalue weighted by molar-refractivity contribution is 8.00. The van der Waals surface area contributed by atoms with Crippen molar-refractivity contribution in [1.29, 1.82) is 0 Å². The van der Waals surface area contributed by atoms with Crippen molar-refractivity contribution in [1.82, 2.24) is 4.98 Å². The van der Waals surface area contributed by atoms with E-state index in [1.54, 1.807) is 0 Å². The number of methoxy groups -OCH3 is 1. The third-order valence-corrected chi connectivity index (χ3v) is 3.92. The van der Waals surface area contributed by atoms with Crippen molar-refractivity contribution in [3.05, 3.63) is 34.3 Å². The van der Waals surface area contributed by atoms with E-state index in [0.717, 1.165) is 24.1 Å². The average molecular weight is 309 g/mol. The second-order valence-corrected chi connectivity index (χ2v) is 5.60. The van der Waals surface area contributed by atoms with E-state index >= 15 is 0 Å². The lowest BCUT2D eigenvalue weighted by molar-refractivity contribution is 0.380. The SMILES string of the molecule is COc1cc(F)c(SNc2ncc(Cl)s2)cc1F. The van der Waals surface area contributed by atoms with Crippen LogP contribution in [0.25, 0.3) is 0 Å². The molecule has 0 saturated carbocycles. The second kappa shape index (κ2) is 5.73. The minimum absolute atomic E-state index is 0.111. The topological polar surface area (TPSA) is 34.1 Å². The van der Waals surface area contributed by atoms with Gasteiger partial charge in [-0.1, -0.05) is 22.9 Å². The zero-order chi connectivity index (χ0) is 13.1. The van der Waals surface area contributed by atoms with Crippen molar-refractivity contribution in [2.45, 2.75) is 4.90 Å². The van der Waals surface area contributed by atoms with Gasteiger partial charge in [-0.2, -0.15) is 0 Å². The second-order valence-electron chi connectivity index (χ2n) is 3.09. The Bertz CT molecular complexity index is 565. The Morgan fingerprint density at radius 1 is 1.39 bits per heavy atom. The molecule has 0 aliphatic carbocycles. The standard InChI is InChI=1S/C10H7ClF2N2OS2/c1-16-7-2-6(13)8(3-5(7)12)18-15-10-14-4-9(11)17-10/h2-4H,1H3,(H,14,15). The van der Waals surface area contributed by atoms with Gasteiger partial charge in [0.2, 0.25) is 0 Å². The maximum absolute atomic E-state index is 13.6. The van der Waals surface area contributed by atoms with E-state index in [2.05, 4.69) is 14.4 Å². The molecule has 1 aromatic carbocycles. The summed E-state index contributed by atoms with van der Waals surface area (Å²) in [5, 5.41) is 0.514. The van der Waals surface area contributed by atoms with Crippen LogP contribution in [0.15, 0.2) is 23.2 Å². The van der Waals surface area contributed by atoms with Gasteiger partial charge in [-0.3, -0.25) is 0 Å². The largest absolute Gasteiger partial charge is 0.494 e. The van der Waals surface area contributed by atoms with Gasteiger partial charge < -0.3 is 9.46 Å². The third-order valence-electron chi connectivity index (χ3n) is 1.93. The first kappa shape index (κ1) is 13.4. The summed E-state index contributed by atoms with van der Waals surface area (Å²) in [6, 6.07) is 2.05. The first-order valence-electron chi connectivity index (χ1n) is 4.67. The van der Waals surface area contributed by atoms with E-state index in [-0.39, 0.29) is 10.6 Å². The summed E-state index contributed by atoms with van der Waals surface area (Å²) in [5.41, 5.74) is 0. The van der Waals surface area contributed by atoms with Crippen LogP contribution in [0.3, 0.4) is 0 Å². The lowest BCUT2D eigenvalue weighted by Crippen LogP contribution is -1.94. The molecule has 2 rings (SSSR count). The van der Waals surface area contributed by atoms with Crippen molar-refractivity contribution < 1.29 is 13.5 Å². The van der Waals surface area contributed by atoms with E-state index in [0.29, 0.717) is 9.47 Å². The van der Waals surface area contributed by atoms with E-state index < -0.39 is 11.6 Å². The summed E-state index contributed by atoms with van der Waals surface area (Å²) in [6.45, 7) is 0. The molecule has 0 spiro atoms. The highest BCUT2D eigenvalue weighted by Gasteiger charge is 2.11. The number of ether oxygens (including phenoxy) is 1. The van der Waals surface area contributed by atoms with Crippen molar-refractivity contribution in [3.8, 4) is 5.75 Å². The fraction of sp³-hybridized carbons (Fsp3) is 0.100. The summed E-state index contributed by atoms with van der Waals surface area (Å²) < 4.78 is 34.9. The Balaban J connectivity index is 2.12. The molecule has 0 aliphatic heterocycles. The van der Waals surface area contributed by atoms with Crippen molar-refractivity contribution >= 4 is 40.0 Å². The zero-order valence-corrected chi connectivity index (χ0v) is 11.4. The molecule has 0 bridgehead atoms. The number of hydrogen-bond acceptors (Lipinski definition) is 5. The number of rotatable bonds is 4.